The van der Waals surface area contributed by atoms with E-state index in [4.69, 9.17) is 38.2 Å². The van der Waals surface area contributed by atoms with Crippen LogP contribution in [-0.4, -0.2) is 53.0 Å². The first-order chi connectivity index (χ1) is 17.0. The van der Waals surface area contributed by atoms with Gasteiger partial charge in [-0.2, -0.15) is 0 Å². The van der Waals surface area contributed by atoms with E-state index in [-0.39, 0.29) is 28.1 Å². The summed E-state index contributed by atoms with van der Waals surface area (Å²) >= 11 is 11.5. The number of nitrogens with one attached hydrogen (secondary N) is 2. The van der Waals surface area contributed by atoms with Crippen molar-refractivity contribution >= 4 is 53.4 Å². The fourth-order valence-corrected chi connectivity index (χ4v) is 3.39. The summed E-state index contributed by atoms with van der Waals surface area (Å²) in [5, 5.41) is 22.3. The van der Waals surface area contributed by atoms with E-state index >= 15 is 0 Å². The quantitative estimate of drug-likeness (QED) is 0.263. The van der Waals surface area contributed by atoms with E-state index in [1.165, 1.54) is 12.1 Å². The molecule has 0 spiro atoms. The highest BCUT2D eigenvalue weighted by atomic mass is 35.5. The predicted molar refractivity (Wildman–Crippen MR) is 132 cm³/mol. The lowest BCUT2D eigenvalue weighted by Gasteiger charge is -2.21. The molecule has 1 unspecified atom stereocenters. The lowest BCUT2D eigenvalue weighted by Crippen LogP contribution is -2.50. The molecule has 2 rings (SSSR count). The maximum atomic E-state index is 11.9. The number of aldehydes is 1. The third kappa shape index (κ3) is 10.3. The van der Waals surface area contributed by atoms with Gasteiger partial charge in [0.1, 0.15) is 31.4 Å². The minimum Gasteiger partial charge on any atom is -0.480 e. The van der Waals surface area contributed by atoms with Crippen LogP contribution in [0.1, 0.15) is 30.9 Å². The molecule has 0 heterocycles. The van der Waals surface area contributed by atoms with E-state index in [9.17, 15) is 24.0 Å². The molecule has 0 radical (unpaired) electrons. The minimum atomic E-state index is -1.31. The second-order valence-corrected chi connectivity index (χ2v) is 8.44. The number of alkyl carbamates (subject to hydrolysis) is 1. The first-order valence-corrected chi connectivity index (χ1v) is 11.3. The van der Waals surface area contributed by atoms with Gasteiger partial charge in [0, 0.05) is 15.6 Å². The minimum absolute atomic E-state index is 0.0915. The number of carboxylic acids is 2. The fraction of sp³-hybridized carbons (Fsp3) is 0.292. The number of benzene rings is 2. The standard InChI is InChI=1S/C15H20N2O5.C9H6Cl2O3/c1-10(2)13(14(20)16-8-12(18)19)17-15(21)22-9-11-6-4-3-5-7-11;10-6-2-1-3-7(11)8(6)5(4-12)9(13)14/h3-7,10,13H,8-9H2,1-2H3,(H,16,20)(H,17,21)(H,18,19);1-5H,(H,13,14)/t13-;/m0./s1. The maximum absolute atomic E-state index is 11.9. The van der Waals surface area contributed by atoms with Crippen molar-refractivity contribution in [1.82, 2.24) is 10.6 Å². The van der Waals surface area contributed by atoms with Gasteiger partial charge < -0.3 is 30.4 Å². The van der Waals surface area contributed by atoms with Crippen molar-refractivity contribution in [1.29, 1.82) is 0 Å². The molecule has 2 aromatic rings. The number of carbonyl (C=O) groups excluding carboxylic acids is 3. The first-order valence-electron chi connectivity index (χ1n) is 10.6. The molecule has 0 aliphatic rings. The fourth-order valence-electron chi connectivity index (χ4n) is 2.76. The van der Waals surface area contributed by atoms with Gasteiger partial charge >= 0.3 is 18.0 Å². The highest BCUT2D eigenvalue weighted by Crippen LogP contribution is 2.30. The van der Waals surface area contributed by atoms with E-state index in [2.05, 4.69) is 10.6 Å². The van der Waals surface area contributed by atoms with Crippen LogP contribution in [0.4, 0.5) is 4.79 Å². The molecule has 194 valence electrons. The van der Waals surface area contributed by atoms with E-state index in [1.807, 2.05) is 30.3 Å². The zero-order valence-electron chi connectivity index (χ0n) is 19.4. The van der Waals surface area contributed by atoms with Crippen molar-refractivity contribution in [3.63, 3.8) is 0 Å². The number of carboxylic acid groups (broad SMARTS) is 2. The van der Waals surface area contributed by atoms with Crippen LogP contribution in [0, 0.1) is 5.92 Å². The molecule has 2 atom stereocenters. The molecular formula is C24H26Cl2N2O8. The molecule has 0 aliphatic carbocycles. The number of carbonyl (C=O) groups is 5. The Kier molecular flexibility index (Phi) is 13.0. The van der Waals surface area contributed by atoms with Crippen molar-refractivity contribution in [2.45, 2.75) is 32.4 Å². The molecule has 0 aromatic heterocycles. The molecular weight excluding hydrogens is 515 g/mol. The van der Waals surface area contributed by atoms with E-state index < -0.39 is 42.4 Å². The zero-order valence-corrected chi connectivity index (χ0v) is 21.0. The summed E-state index contributed by atoms with van der Waals surface area (Å²) in [6, 6.07) is 12.8. The van der Waals surface area contributed by atoms with Gasteiger partial charge in [0.05, 0.1) is 0 Å². The number of aliphatic carboxylic acids is 2. The third-order valence-corrected chi connectivity index (χ3v) is 5.22. The second kappa shape index (κ2) is 15.4. The van der Waals surface area contributed by atoms with Crippen LogP contribution >= 0.6 is 23.2 Å². The molecule has 10 nitrogen and oxygen atoms in total. The Bertz CT molecular complexity index is 1040. The number of rotatable bonds is 10. The van der Waals surface area contributed by atoms with Crippen LogP contribution in [0.2, 0.25) is 10.0 Å². The van der Waals surface area contributed by atoms with Gasteiger partial charge in [0.15, 0.2) is 0 Å². The van der Waals surface area contributed by atoms with Gasteiger partial charge in [-0.1, -0.05) is 73.4 Å². The van der Waals surface area contributed by atoms with Crippen LogP contribution in [0.3, 0.4) is 0 Å². The van der Waals surface area contributed by atoms with Gasteiger partial charge in [-0.15, -0.1) is 0 Å². The summed E-state index contributed by atoms with van der Waals surface area (Å²) in [7, 11) is 0. The second-order valence-electron chi connectivity index (χ2n) is 7.63. The van der Waals surface area contributed by atoms with Gasteiger partial charge in [-0.3, -0.25) is 14.4 Å². The van der Waals surface area contributed by atoms with Crippen LogP contribution in [-0.2, 0) is 30.5 Å². The molecule has 2 aromatic carbocycles. The van der Waals surface area contributed by atoms with Crippen LogP contribution in [0.25, 0.3) is 0 Å². The molecule has 0 bridgehead atoms. The number of amides is 2. The molecule has 0 saturated carbocycles. The molecule has 12 heteroatoms. The largest absolute Gasteiger partial charge is 0.480 e. The maximum Gasteiger partial charge on any atom is 0.408 e. The lowest BCUT2D eigenvalue weighted by atomic mass is 10.0. The first kappa shape index (κ1) is 30.4. The van der Waals surface area contributed by atoms with E-state index in [0.29, 0.717) is 6.29 Å². The SMILES string of the molecule is CC(C)[C@H](NC(=O)OCc1ccccc1)C(=O)NCC(=O)O.O=CC(C(=O)O)c1c(Cl)cccc1Cl. The van der Waals surface area contributed by atoms with Crippen LogP contribution in [0.15, 0.2) is 48.5 Å². The summed E-state index contributed by atoms with van der Waals surface area (Å²) in [6.07, 6.45) is -0.428. The summed E-state index contributed by atoms with van der Waals surface area (Å²) in [5.41, 5.74) is 0.965. The number of hydrogen-bond acceptors (Lipinski definition) is 6. The average Bonchev–Trinajstić information content (AvgIpc) is 2.82. The van der Waals surface area contributed by atoms with Gasteiger partial charge in [-0.25, -0.2) is 4.79 Å². The van der Waals surface area contributed by atoms with E-state index in [1.54, 1.807) is 19.9 Å². The predicted octanol–water partition coefficient (Wildman–Crippen LogP) is 3.50. The van der Waals surface area contributed by atoms with Crippen LogP contribution < -0.4 is 10.6 Å². The molecule has 0 aliphatic heterocycles. The van der Waals surface area contributed by atoms with Crippen molar-refractivity contribution in [2.24, 2.45) is 5.92 Å². The van der Waals surface area contributed by atoms with Crippen molar-refractivity contribution < 1.29 is 38.9 Å². The molecule has 4 N–H and O–H groups in total. The summed E-state index contributed by atoms with van der Waals surface area (Å²) in [6.45, 7) is 3.07. The third-order valence-electron chi connectivity index (χ3n) is 4.56. The van der Waals surface area contributed by atoms with Crippen molar-refractivity contribution in [3.05, 3.63) is 69.7 Å². The topological polar surface area (TPSA) is 159 Å². The monoisotopic (exact) mass is 540 g/mol. The Morgan fingerprint density at radius 2 is 1.56 bits per heavy atom. The number of hydrogen-bond donors (Lipinski definition) is 4. The average molecular weight is 541 g/mol. The number of ether oxygens (including phenoxy) is 1. The van der Waals surface area contributed by atoms with E-state index in [0.717, 1.165) is 5.56 Å². The van der Waals surface area contributed by atoms with Gasteiger partial charge in [0.25, 0.3) is 0 Å². The molecule has 0 saturated heterocycles. The summed E-state index contributed by atoms with van der Waals surface area (Å²) in [4.78, 5) is 55.3. The zero-order chi connectivity index (χ0) is 27.3. The van der Waals surface area contributed by atoms with Crippen LogP contribution in [0.5, 0.6) is 0 Å². The smallest absolute Gasteiger partial charge is 0.408 e. The molecule has 36 heavy (non-hydrogen) atoms. The normalized spacial score (nSPS) is 11.8. The highest BCUT2D eigenvalue weighted by Gasteiger charge is 2.25. The molecule has 0 fully saturated rings. The van der Waals surface area contributed by atoms with Crippen molar-refractivity contribution in [2.75, 3.05) is 6.54 Å². The Hall–Kier alpha value is -3.63. The van der Waals surface area contributed by atoms with Gasteiger partial charge in [0.2, 0.25) is 5.91 Å². The molecule has 2 amide bonds. The lowest BCUT2D eigenvalue weighted by molar-refractivity contribution is -0.140. The van der Waals surface area contributed by atoms with Gasteiger partial charge in [-0.05, 0) is 23.6 Å². The summed E-state index contributed by atoms with van der Waals surface area (Å²) in [5.74, 6) is -4.50. The van der Waals surface area contributed by atoms with Crippen molar-refractivity contribution in [3.8, 4) is 0 Å². The Morgan fingerprint density at radius 3 is 2.03 bits per heavy atom. The Balaban J connectivity index is 0.000000397. The summed E-state index contributed by atoms with van der Waals surface area (Å²) < 4.78 is 5.04. The Labute approximate surface area is 217 Å². The highest BCUT2D eigenvalue weighted by molar-refractivity contribution is 6.36. The Morgan fingerprint density at radius 1 is 0.972 bits per heavy atom. The number of halogens is 2.